The van der Waals surface area contributed by atoms with E-state index in [2.05, 4.69) is 39.2 Å². The summed E-state index contributed by atoms with van der Waals surface area (Å²) in [6.07, 6.45) is 3.11. The third kappa shape index (κ3) is 6.35. The zero-order chi connectivity index (χ0) is 25.5. The van der Waals surface area contributed by atoms with Crippen molar-refractivity contribution in [1.29, 1.82) is 0 Å². The molecule has 1 aliphatic heterocycles. The van der Waals surface area contributed by atoms with Crippen LogP contribution in [-0.4, -0.2) is 42.2 Å². The Kier molecular flexibility index (Phi) is 7.78. The molecule has 0 atom stereocenters. The number of carbonyl (C=O) groups is 1. The Labute approximate surface area is 220 Å². The fraction of sp³-hybridized carbons (Fsp3) is 0.138. The Morgan fingerprint density at radius 1 is 0.946 bits per heavy atom. The molecule has 4 aromatic rings. The van der Waals surface area contributed by atoms with E-state index < -0.39 is 0 Å². The SMILES string of the molecule is C=CC(=O)Nc1ccc(Sc2nc(Nc3ccc(N4CCOCC4)cc3)ncc2-c2ccccc2)cc1. The Morgan fingerprint density at radius 3 is 2.35 bits per heavy atom. The highest BCUT2D eigenvalue weighted by atomic mass is 32.2. The molecule has 8 heteroatoms. The highest BCUT2D eigenvalue weighted by molar-refractivity contribution is 7.99. The van der Waals surface area contributed by atoms with Gasteiger partial charge in [0.25, 0.3) is 0 Å². The lowest BCUT2D eigenvalue weighted by atomic mass is 10.1. The first-order chi connectivity index (χ1) is 18.2. The van der Waals surface area contributed by atoms with E-state index in [0.717, 1.165) is 53.0 Å². The molecule has 0 bridgehead atoms. The minimum atomic E-state index is -0.240. The number of carbonyl (C=O) groups excluding carboxylic acids is 1. The number of amides is 1. The van der Waals surface area contributed by atoms with Crippen molar-refractivity contribution in [3.63, 3.8) is 0 Å². The average Bonchev–Trinajstić information content (AvgIpc) is 2.95. The van der Waals surface area contributed by atoms with Crippen LogP contribution in [0.25, 0.3) is 11.1 Å². The number of nitrogens with one attached hydrogen (secondary N) is 2. The van der Waals surface area contributed by atoms with Crippen LogP contribution in [0.1, 0.15) is 0 Å². The van der Waals surface area contributed by atoms with Gasteiger partial charge in [0.1, 0.15) is 5.03 Å². The largest absolute Gasteiger partial charge is 0.378 e. The summed E-state index contributed by atoms with van der Waals surface area (Å²) in [6.45, 7) is 6.81. The van der Waals surface area contributed by atoms with Crippen LogP contribution in [-0.2, 0) is 9.53 Å². The molecule has 186 valence electrons. The minimum Gasteiger partial charge on any atom is -0.378 e. The maximum Gasteiger partial charge on any atom is 0.247 e. The van der Waals surface area contributed by atoms with Crippen LogP contribution in [0.15, 0.2) is 108 Å². The molecule has 37 heavy (non-hydrogen) atoms. The fourth-order valence-corrected chi connectivity index (χ4v) is 4.85. The first-order valence-corrected chi connectivity index (χ1v) is 12.8. The number of hydrogen-bond donors (Lipinski definition) is 2. The van der Waals surface area contributed by atoms with Gasteiger partial charge in [0.15, 0.2) is 0 Å². The molecule has 1 saturated heterocycles. The molecule has 5 rings (SSSR count). The monoisotopic (exact) mass is 509 g/mol. The van der Waals surface area contributed by atoms with Gasteiger partial charge in [-0.25, -0.2) is 9.97 Å². The van der Waals surface area contributed by atoms with Gasteiger partial charge in [0.05, 0.1) is 13.2 Å². The van der Waals surface area contributed by atoms with Crippen molar-refractivity contribution in [2.75, 3.05) is 41.8 Å². The summed E-state index contributed by atoms with van der Waals surface area (Å²) in [5.74, 6) is 0.285. The summed E-state index contributed by atoms with van der Waals surface area (Å²) < 4.78 is 5.45. The van der Waals surface area contributed by atoms with Gasteiger partial charge in [-0.05, 0) is 60.2 Å². The highest BCUT2D eigenvalue weighted by Crippen LogP contribution is 2.35. The molecule has 0 spiro atoms. The maximum atomic E-state index is 11.6. The zero-order valence-corrected chi connectivity index (χ0v) is 21.1. The smallest absolute Gasteiger partial charge is 0.247 e. The fourth-order valence-electron chi connectivity index (χ4n) is 3.94. The molecule has 1 amide bonds. The van der Waals surface area contributed by atoms with Gasteiger partial charge in [0.2, 0.25) is 11.9 Å². The summed E-state index contributed by atoms with van der Waals surface area (Å²) in [7, 11) is 0. The lowest BCUT2D eigenvalue weighted by molar-refractivity contribution is -0.111. The second kappa shape index (κ2) is 11.7. The zero-order valence-electron chi connectivity index (χ0n) is 20.3. The summed E-state index contributed by atoms with van der Waals surface area (Å²) >= 11 is 1.55. The molecule has 0 aliphatic carbocycles. The van der Waals surface area contributed by atoms with Crippen LogP contribution in [0.2, 0.25) is 0 Å². The topological polar surface area (TPSA) is 79.4 Å². The van der Waals surface area contributed by atoms with Gasteiger partial charge >= 0.3 is 0 Å². The molecule has 3 aromatic carbocycles. The van der Waals surface area contributed by atoms with Gasteiger partial charge < -0.3 is 20.3 Å². The molecule has 2 heterocycles. The van der Waals surface area contributed by atoms with Crippen LogP contribution in [0, 0.1) is 0 Å². The quantitative estimate of drug-likeness (QED) is 0.223. The Morgan fingerprint density at radius 2 is 1.65 bits per heavy atom. The maximum absolute atomic E-state index is 11.6. The molecule has 0 unspecified atom stereocenters. The first-order valence-electron chi connectivity index (χ1n) is 12.0. The van der Waals surface area contributed by atoms with Crippen LogP contribution >= 0.6 is 11.8 Å². The molecular formula is C29H27N5O2S. The summed E-state index contributed by atoms with van der Waals surface area (Å²) in [4.78, 5) is 24.4. The predicted molar refractivity (Wildman–Crippen MR) is 150 cm³/mol. The lowest BCUT2D eigenvalue weighted by Crippen LogP contribution is -2.36. The molecule has 7 nitrogen and oxygen atoms in total. The van der Waals surface area contributed by atoms with Gasteiger partial charge in [0, 0.05) is 46.8 Å². The number of morpholine rings is 1. The average molecular weight is 510 g/mol. The Balaban J connectivity index is 1.37. The standard InChI is InChI=1S/C29H27N5O2S/c1-2-27(35)31-22-10-14-25(15-11-22)37-28-26(21-6-4-3-5-7-21)20-30-29(33-28)32-23-8-12-24(13-9-23)34-16-18-36-19-17-34/h2-15,20H,1,16-19H2,(H,31,35)(H,30,32,33). The third-order valence-corrected chi connectivity index (χ3v) is 6.87. The highest BCUT2D eigenvalue weighted by Gasteiger charge is 2.13. The predicted octanol–water partition coefficient (Wildman–Crippen LogP) is 6.00. The van der Waals surface area contributed by atoms with Crippen LogP contribution < -0.4 is 15.5 Å². The molecular weight excluding hydrogens is 482 g/mol. The third-order valence-electron chi connectivity index (χ3n) is 5.86. The van der Waals surface area contributed by atoms with Crippen LogP contribution in [0.4, 0.5) is 23.0 Å². The van der Waals surface area contributed by atoms with E-state index in [9.17, 15) is 4.79 Å². The summed E-state index contributed by atoms with van der Waals surface area (Å²) in [5, 5.41) is 6.94. The molecule has 0 radical (unpaired) electrons. The summed E-state index contributed by atoms with van der Waals surface area (Å²) in [6, 6.07) is 26.0. The van der Waals surface area contributed by atoms with E-state index in [4.69, 9.17) is 9.72 Å². The van der Waals surface area contributed by atoms with Crippen molar-refractivity contribution >= 4 is 40.7 Å². The molecule has 1 aliphatic rings. The minimum absolute atomic E-state index is 0.240. The van der Waals surface area contributed by atoms with Crippen molar-refractivity contribution in [3.8, 4) is 11.1 Å². The number of hydrogen-bond acceptors (Lipinski definition) is 7. The van der Waals surface area contributed by atoms with Gasteiger partial charge in [-0.15, -0.1) is 0 Å². The lowest BCUT2D eigenvalue weighted by Gasteiger charge is -2.28. The molecule has 1 fully saturated rings. The second-order valence-corrected chi connectivity index (χ2v) is 9.43. The van der Waals surface area contributed by atoms with E-state index in [-0.39, 0.29) is 5.91 Å². The van der Waals surface area contributed by atoms with Gasteiger partial charge in [-0.2, -0.15) is 0 Å². The van der Waals surface area contributed by atoms with Gasteiger partial charge in [-0.1, -0.05) is 48.7 Å². The van der Waals surface area contributed by atoms with Crippen molar-refractivity contribution < 1.29 is 9.53 Å². The Hall–Kier alpha value is -4.14. The van der Waals surface area contributed by atoms with E-state index in [1.54, 1.807) is 11.8 Å². The molecule has 2 N–H and O–H groups in total. The van der Waals surface area contributed by atoms with E-state index in [1.807, 2.05) is 72.9 Å². The normalized spacial score (nSPS) is 13.1. The van der Waals surface area contributed by atoms with Crippen LogP contribution in [0.5, 0.6) is 0 Å². The number of benzene rings is 3. The Bertz CT molecular complexity index is 1360. The number of ether oxygens (including phenoxy) is 1. The summed E-state index contributed by atoms with van der Waals surface area (Å²) in [5.41, 5.74) is 4.80. The van der Waals surface area contributed by atoms with Crippen molar-refractivity contribution in [3.05, 3.63) is 97.7 Å². The number of anilines is 4. The first kappa shape index (κ1) is 24.5. The van der Waals surface area contributed by atoms with Crippen LogP contribution in [0.3, 0.4) is 0 Å². The van der Waals surface area contributed by atoms with E-state index in [0.29, 0.717) is 11.6 Å². The van der Waals surface area contributed by atoms with Gasteiger partial charge in [-0.3, -0.25) is 4.79 Å². The number of rotatable bonds is 8. The van der Waals surface area contributed by atoms with E-state index in [1.165, 1.54) is 11.8 Å². The number of aromatic nitrogens is 2. The van der Waals surface area contributed by atoms with Crippen molar-refractivity contribution in [2.45, 2.75) is 9.92 Å². The number of nitrogens with zero attached hydrogens (tertiary/aromatic N) is 3. The second-order valence-electron chi connectivity index (χ2n) is 8.37. The van der Waals surface area contributed by atoms with Crippen molar-refractivity contribution in [2.24, 2.45) is 0 Å². The molecule has 1 aromatic heterocycles. The molecule has 0 saturated carbocycles. The van der Waals surface area contributed by atoms with E-state index >= 15 is 0 Å². The van der Waals surface area contributed by atoms with Crippen molar-refractivity contribution in [1.82, 2.24) is 9.97 Å².